The number of anilines is 1. The summed E-state index contributed by atoms with van der Waals surface area (Å²) < 4.78 is 39.7. The van der Waals surface area contributed by atoms with Crippen molar-refractivity contribution in [3.63, 3.8) is 0 Å². The number of urea groups is 1. The fourth-order valence-corrected chi connectivity index (χ4v) is 4.68. The van der Waals surface area contributed by atoms with E-state index in [4.69, 9.17) is 0 Å². The number of carbonyl (C=O) groups is 1. The lowest BCUT2D eigenvalue weighted by Gasteiger charge is -2.49. The summed E-state index contributed by atoms with van der Waals surface area (Å²) in [4.78, 5) is 30.1. The first-order valence-corrected chi connectivity index (χ1v) is 9.93. The number of aromatic nitrogens is 3. The first-order chi connectivity index (χ1) is 14.3. The minimum atomic E-state index is -2.86. The minimum Gasteiger partial charge on any atom is -0.350 e. The van der Waals surface area contributed by atoms with Gasteiger partial charge < -0.3 is 14.7 Å². The Hall–Kier alpha value is -2.91. The Kier molecular flexibility index (Phi) is 4.33. The van der Waals surface area contributed by atoms with Gasteiger partial charge in [-0.3, -0.25) is 4.98 Å². The third-order valence-corrected chi connectivity index (χ3v) is 6.20. The Balaban J connectivity index is 1.30. The molecule has 2 aromatic heterocycles. The highest BCUT2D eigenvalue weighted by atomic mass is 19.3. The van der Waals surface area contributed by atoms with Crippen LogP contribution in [0, 0.1) is 19.7 Å². The Bertz CT molecular complexity index is 1030. The molecule has 7 nitrogen and oxygen atoms in total. The van der Waals surface area contributed by atoms with Gasteiger partial charge in [-0.05, 0) is 37.5 Å². The smallest absolute Gasteiger partial charge is 0.321 e. The molecule has 0 radical (unpaired) electrons. The molecule has 0 aromatic carbocycles. The maximum Gasteiger partial charge on any atom is 0.321 e. The molecule has 1 atom stereocenters. The van der Waals surface area contributed by atoms with Gasteiger partial charge in [-0.1, -0.05) is 0 Å². The molecule has 1 unspecified atom stereocenters. The van der Waals surface area contributed by atoms with Crippen molar-refractivity contribution in [3.05, 3.63) is 46.4 Å². The molecule has 2 fully saturated rings. The number of fused-ring (bicyclic) bond motifs is 3. The van der Waals surface area contributed by atoms with Crippen molar-refractivity contribution in [3.8, 4) is 0 Å². The number of pyridine rings is 1. The molecule has 0 saturated carbocycles. The van der Waals surface area contributed by atoms with Crippen LogP contribution in [0.15, 0.2) is 12.3 Å². The number of carbonyl (C=O) groups excluding carboxylic acids is 1. The molecule has 0 spiro atoms. The highest BCUT2D eigenvalue weighted by molar-refractivity contribution is 5.78. The van der Waals surface area contributed by atoms with Crippen molar-refractivity contribution in [2.24, 2.45) is 0 Å². The zero-order valence-corrected chi connectivity index (χ0v) is 16.6. The topological polar surface area (TPSA) is 65.5 Å². The van der Waals surface area contributed by atoms with Crippen LogP contribution in [-0.4, -0.2) is 56.5 Å². The number of rotatable bonds is 3. The first kappa shape index (κ1) is 19.1. The average Bonchev–Trinajstić information content (AvgIpc) is 3.03. The van der Waals surface area contributed by atoms with E-state index in [-0.39, 0.29) is 23.9 Å². The number of hydrogen-bond donors (Lipinski definition) is 0. The van der Waals surface area contributed by atoms with E-state index in [1.54, 1.807) is 9.80 Å². The third kappa shape index (κ3) is 2.88. The van der Waals surface area contributed by atoms with Crippen molar-refractivity contribution in [2.75, 3.05) is 24.5 Å². The fraction of sp³-hybridized carbons (Fsp3) is 0.500. The van der Waals surface area contributed by atoms with E-state index in [1.807, 2.05) is 24.8 Å². The van der Waals surface area contributed by atoms with Crippen LogP contribution in [-0.2, 0) is 6.54 Å². The van der Waals surface area contributed by atoms with E-state index in [1.165, 1.54) is 0 Å². The molecule has 0 bridgehead atoms. The number of nitrogens with zero attached hydrogens (tertiary/aromatic N) is 6. The summed E-state index contributed by atoms with van der Waals surface area (Å²) in [6.07, 6.45) is -1.31. The highest BCUT2D eigenvalue weighted by Crippen LogP contribution is 2.41. The van der Waals surface area contributed by atoms with Crippen LogP contribution in [0.5, 0.6) is 0 Å². The Labute approximate surface area is 171 Å². The van der Waals surface area contributed by atoms with Crippen LogP contribution in [0.25, 0.3) is 0 Å². The van der Waals surface area contributed by atoms with Gasteiger partial charge in [-0.15, -0.1) is 0 Å². The number of amides is 2. The highest BCUT2D eigenvalue weighted by Gasteiger charge is 2.46. The van der Waals surface area contributed by atoms with E-state index in [0.717, 1.165) is 35.1 Å². The summed E-state index contributed by atoms with van der Waals surface area (Å²) in [5, 5.41) is 0. The predicted octanol–water partition coefficient (Wildman–Crippen LogP) is 3.14. The third-order valence-electron chi connectivity index (χ3n) is 6.20. The second-order valence-electron chi connectivity index (χ2n) is 8.11. The molecule has 158 valence electrons. The summed E-state index contributed by atoms with van der Waals surface area (Å²) in [6, 6.07) is 1.86. The Morgan fingerprint density at radius 3 is 2.67 bits per heavy atom. The lowest BCUT2D eigenvalue weighted by molar-refractivity contribution is 0.0754. The molecule has 10 heteroatoms. The summed E-state index contributed by atoms with van der Waals surface area (Å²) in [7, 11) is 0. The van der Waals surface area contributed by atoms with Crippen LogP contribution in [0.3, 0.4) is 0 Å². The van der Waals surface area contributed by atoms with Crippen LogP contribution in [0.1, 0.15) is 47.2 Å². The molecule has 0 N–H and O–H groups in total. The van der Waals surface area contributed by atoms with Gasteiger partial charge in [0.05, 0.1) is 30.5 Å². The van der Waals surface area contributed by atoms with Crippen molar-refractivity contribution in [1.82, 2.24) is 24.8 Å². The molecule has 0 aliphatic carbocycles. The second kappa shape index (κ2) is 6.82. The number of aryl methyl sites for hydroxylation is 2. The average molecular weight is 418 g/mol. The summed E-state index contributed by atoms with van der Waals surface area (Å²) in [5.74, 6) is -1.57. The van der Waals surface area contributed by atoms with E-state index in [2.05, 4.69) is 15.0 Å². The summed E-state index contributed by atoms with van der Waals surface area (Å²) >= 11 is 0. The first-order valence-electron chi connectivity index (χ1n) is 9.93. The van der Waals surface area contributed by atoms with Gasteiger partial charge in [-0.2, -0.15) is 0 Å². The number of alkyl halides is 2. The van der Waals surface area contributed by atoms with Gasteiger partial charge in [0.2, 0.25) is 0 Å². The molecule has 5 rings (SSSR count). The van der Waals surface area contributed by atoms with Crippen LogP contribution in [0.4, 0.5) is 23.8 Å². The monoisotopic (exact) mass is 418 g/mol. The molecule has 3 aliphatic rings. The Morgan fingerprint density at radius 1 is 1.17 bits per heavy atom. The maximum absolute atomic E-state index is 14.0. The molecule has 3 aliphatic heterocycles. The minimum absolute atomic E-state index is 0.00793. The standard InChI is InChI=1S/C20H21F3N6O/c1-10-5-11(2)25-16-13(10)9-29-15(16)3-4-28(20(29)30)12-7-27(8-12)19-14(21)6-24-18(26-19)17(22)23/h5-6,12,15,17H,3-4,7-9H2,1-2H3. The predicted molar refractivity (Wildman–Crippen MR) is 102 cm³/mol. The normalized spacial score (nSPS) is 21.2. The molecular formula is C20H21F3N6O. The maximum atomic E-state index is 14.0. The molecule has 2 aromatic rings. The molecule has 5 heterocycles. The van der Waals surface area contributed by atoms with Crippen LogP contribution < -0.4 is 4.90 Å². The quantitative estimate of drug-likeness (QED) is 0.766. The molecular weight excluding hydrogens is 397 g/mol. The van der Waals surface area contributed by atoms with Gasteiger partial charge in [0.25, 0.3) is 6.43 Å². The lowest BCUT2D eigenvalue weighted by Crippen LogP contribution is -2.64. The van der Waals surface area contributed by atoms with Crippen molar-refractivity contribution in [2.45, 2.75) is 45.3 Å². The second-order valence-corrected chi connectivity index (χ2v) is 8.11. The molecule has 2 saturated heterocycles. The van der Waals surface area contributed by atoms with Crippen LogP contribution >= 0.6 is 0 Å². The largest absolute Gasteiger partial charge is 0.350 e. The lowest BCUT2D eigenvalue weighted by atomic mass is 10.0. The van der Waals surface area contributed by atoms with Crippen LogP contribution in [0.2, 0.25) is 0 Å². The van der Waals surface area contributed by atoms with E-state index in [0.29, 0.717) is 26.2 Å². The number of hydrogen-bond acceptors (Lipinski definition) is 5. The summed E-state index contributed by atoms with van der Waals surface area (Å²) in [5.41, 5.74) is 4.22. The number of halogens is 3. The molecule has 2 amide bonds. The fourth-order valence-electron chi connectivity index (χ4n) is 4.68. The van der Waals surface area contributed by atoms with Crippen molar-refractivity contribution >= 4 is 11.8 Å². The van der Waals surface area contributed by atoms with Gasteiger partial charge in [-0.25, -0.2) is 27.9 Å². The van der Waals surface area contributed by atoms with Gasteiger partial charge in [0.15, 0.2) is 17.5 Å². The van der Waals surface area contributed by atoms with Gasteiger partial charge in [0.1, 0.15) is 0 Å². The zero-order chi connectivity index (χ0) is 21.2. The van der Waals surface area contributed by atoms with Gasteiger partial charge >= 0.3 is 6.03 Å². The SMILES string of the molecule is Cc1cc(C)c2c(n1)C1CCN(C3CN(c4nc(C(F)F)ncc4F)C3)C(=O)N1C2. The van der Waals surface area contributed by atoms with E-state index < -0.39 is 18.1 Å². The Morgan fingerprint density at radius 2 is 1.93 bits per heavy atom. The van der Waals surface area contributed by atoms with Crippen molar-refractivity contribution < 1.29 is 18.0 Å². The zero-order valence-electron chi connectivity index (χ0n) is 16.6. The van der Waals surface area contributed by atoms with Crippen molar-refractivity contribution in [1.29, 1.82) is 0 Å². The summed E-state index contributed by atoms with van der Waals surface area (Å²) in [6.45, 7) is 5.84. The van der Waals surface area contributed by atoms with E-state index in [9.17, 15) is 18.0 Å². The van der Waals surface area contributed by atoms with Gasteiger partial charge in [0, 0.05) is 25.3 Å². The van der Waals surface area contributed by atoms with E-state index >= 15 is 0 Å². The molecule has 30 heavy (non-hydrogen) atoms.